The van der Waals surface area contributed by atoms with E-state index in [0.29, 0.717) is 45.6 Å². The Labute approximate surface area is 213 Å². The summed E-state index contributed by atoms with van der Waals surface area (Å²) in [7, 11) is 0. The summed E-state index contributed by atoms with van der Waals surface area (Å²) in [4.78, 5) is 44.3. The lowest BCUT2D eigenvalue weighted by atomic mass is 9.71. The fraction of sp³-hybridized carbons (Fsp3) is 0.870. The number of unbranched alkanes of at least 4 members (excludes halogenated alkanes) is 2. The van der Waals surface area contributed by atoms with Crippen molar-refractivity contribution >= 4 is 45.5 Å². The predicted molar refractivity (Wildman–Crippen MR) is 132 cm³/mol. The van der Waals surface area contributed by atoms with Gasteiger partial charge in [0.1, 0.15) is 6.04 Å². The Balaban J connectivity index is 1.53. The van der Waals surface area contributed by atoms with E-state index in [1.54, 1.807) is 23.6 Å². The Morgan fingerprint density at radius 1 is 1.26 bits per heavy atom. The number of likely N-dealkylation sites (tertiary alicyclic amines) is 1. The van der Waals surface area contributed by atoms with Gasteiger partial charge in [-0.2, -0.15) is 0 Å². The van der Waals surface area contributed by atoms with Gasteiger partial charge in [0.15, 0.2) is 0 Å². The average Bonchev–Trinajstić information content (AvgIpc) is 3.41. The van der Waals surface area contributed by atoms with Crippen molar-refractivity contribution in [3.8, 4) is 0 Å². The largest absolute Gasteiger partial charge is 0.466 e. The molecule has 0 aromatic rings. The van der Waals surface area contributed by atoms with Crippen molar-refractivity contribution < 1.29 is 29.0 Å². The number of rotatable bonds is 11. The summed E-state index contributed by atoms with van der Waals surface area (Å²) < 4.78 is 10.1. The summed E-state index contributed by atoms with van der Waals surface area (Å²) in [5.41, 5.74) is 0. The first-order valence-corrected chi connectivity index (χ1v) is 14.2. The van der Waals surface area contributed by atoms with E-state index in [9.17, 15) is 14.4 Å². The summed E-state index contributed by atoms with van der Waals surface area (Å²) in [6.07, 6.45) is 2.83. The van der Waals surface area contributed by atoms with E-state index in [1.165, 1.54) is 0 Å². The molecule has 0 aromatic heterocycles. The molecule has 3 unspecified atom stereocenters. The molecule has 9 nitrogen and oxygen atoms in total. The van der Waals surface area contributed by atoms with Gasteiger partial charge < -0.3 is 24.8 Å². The highest BCUT2D eigenvalue weighted by Gasteiger charge is 2.75. The van der Waals surface area contributed by atoms with E-state index in [0.717, 1.165) is 26.1 Å². The minimum absolute atomic E-state index is 0.0499. The second kappa shape index (κ2) is 11.5. The first-order chi connectivity index (χ1) is 16.4. The van der Waals surface area contributed by atoms with Crippen LogP contribution in [0, 0.1) is 11.8 Å². The van der Waals surface area contributed by atoms with Crippen molar-refractivity contribution in [1.29, 1.82) is 0 Å². The van der Waals surface area contributed by atoms with Gasteiger partial charge in [0.2, 0.25) is 11.8 Å². The number of fused-ring (bicyclic) bond motifs is 1. The van der Waals surface area contributed by atoms with E-state index < -0.39 is 22.6 Å². The number of esters is 1. The third kappa shape index (κ3) is 4.87. The van der Waals surface area contributed by atoms with E-state index >= 15 is 0 Å². The zero-order valence-electron chi connectivity index (χ0n) is 19.7. The third-order valence-electron chi connectivity index (χ3n) is 7.48. The van der Waals surface area contributed by atoms with E-state index in [-0.39, 0.29) is 41.1 Å². The van der Waals surface area contributed by atoms with E-state index in [1.807, 2.05) is 0 Å². The topological polar surface area (TPSA) is 108 Å². The van der Waals surface area contributed by atoms with Gasteiger partial charge in [-0.3, -0.25) is 19.3 Å². The van der Waals surface area contributed by atoms with Crippen molar-refractivity contribution in [3.63, 3.8) is 0 Å². The van der Waals surface area contributed by atoms with Crippen LogP contribution in [0.4, 0.5) is 0 Å². The van der Waals surface area contributed by atoms with Gasteiger partial charge in [-0.05, 0) is 32.6 Å². The van der Waals surface area contributed by atoms with Gasteiger partial charge in [-0.15, -0.1) is 11.8 Å². The molecule has 4 heterocycles. The lowest BCUT2D eigenvalue weighted by Gasteiger charge is -2.35. The standard InChI is InChI=1S/C23H36BrN3O6S/c1-2-33-22(31)16-17-21(30)27(7-4-3-5-11-28)19(23(17)14-15(24)18(16)34-23)20(29)25-6-8-26-9-12-32-13-10-26/h15-19,28H,2-14H2,1H3,(H,25,29)/t15?,16-,17-,18-,19?,23?/m0/s1. The van der Waals surface area contributed by atoms with Crippen LogP contribution < -0.4 is 5.32 Å². The van der Waals surface area contributed by atoms with Gasteiger partial charge in [-0.25, -0.2) is 0 Å². The van der Waals surface area contributed by atoms with Crippen LogP contribution in [0.3, 0.4) is 0 Å². The quantitative estimate of drug-likeness (QED) is 0.215. The Bertz CT molecular complexity index is 769. The SMILES string of the molecule is CCOC(=O)[C@H]1[C@H]2C(=O)N(CCCCCO)C(C(=O)NCCN3CCOCC3)C23CC(Br)[C@@H]1S3. The number of thioether (sulfide) groups is 1. The fourth-order valence-corrected chi connectivity index (χ4v) is 9.61. The molecule has 34 heavy (non-hydrogen) atoms. The molecule has 192 valence electrons. The highest BCUT2D eigenvalue weighted by atomic mass is 79.9. The van der Waals surface area contributed by atoms with Crippen LogP contribution in [0.1, 0.15) is 32.6 Å². The average molecular weight is 563 g/mol. The van der Waals surface area contributed by atoms with Gasteiger partial charge in [-0.1, -0.05) is 15.9 Å². The normalized spacial score (nSPS) is 35.0. The van der Waals surface area contributed by atoms with Gasteiger partial charge in [0.25, 0.3) is 0 Å². The van der Waals surface area contributed by atoms with Crippen LogP contribution in [-0.2, 0) is 23.9 Å². The zero-order valence-corrected chi connectivity index (χ0v) is 22.2. The number of carbonyl (C=O) groups excluding carboxylic acids is 3. The number of alkyl halides is 1. The molecular formula is C23H36BrN3O6S. The molecule has 4 fully saturated rings. The van der Waals surface area contributed by atoms with Gasteiger partial charge in [0, 0.05) is 49.4 Å². The number of amides is 2. The molecule has 2 bridgehead atoms. The molecule has 4 aliphatic heterocycles. The molecule has 0 saturated carbocycles. The number of ether oxygens (including phenoxy) is 2. The van der Waals surface area contributed by atoms with Crippen molar-refractivity contribution in [2.24, 2.45) is 11.8 Å². The molecule has 4 aliphatic rings. The fourth-order valence-electron chi connectivity index (χ4n) is 6.01. The van der Waals surface area contributed by atoms with E-state index in [4.69, 9.17) is 14.6 Å². The maximum Gasteiger partial charge on any atom is 0.310 e. The maximum atomic E-state index is 13.7. The van der Waals surface area contributed by atoms with Crippen LogP contribution in [0.25, 0.3) is 0 Å². The molecule has 2 amide bonds. The van der Waals surface area contributed by atoms with Gasteiger partial charge >= 0.3 is 5.97 Å². The maximum absolute atomic E-state index is 13.7. The molecule has 2 N–H and O–H groups in total. The molecule has 4 saturated heterocycles. The summed E-state index contributed by atoms with van der Waals surface area (Å²) in [6, 6.07) is -0.613. The molecule has 1 spiro atoms. The molecular weight excluding hydrogens is 526 g/mol. The minimum atomic E-state index is -0.632. The van der Waals surface area contributed by atoms with Crippen molar-refractivity contribution in [1.82, 2.24) is 15.1 Å². The number of halogens is 1. The lowest BCUT2D eigenvalue weighted by molar-refractivity contribution is -0.153. The monoisotopic (exact) mass is 561 g/mol. The molecule has 0 aromatic carbocycles. The summed E-state index contributed by atoms with van der Waals surface area (Å²) >= 11 is 5.38. The summed E-state index contributed by atoms with van der Waals surface area (Å²) in [5.74, 6) is -1.66. The Kier molecular flexibility index (Phi) is 8.82. The summed E-state index contributed by atoms with van der Waals surface area (Å²) in [5, 5.41) is 12.2. The van der Waals surface area contributed by atoms with Crippen molar-refractivity contribution in [2.75, 3.05) is 59.2 Å². The third-order valence-corrected chi connectivity index (χ3v) is 10.7. The first kappa shape index (κ1) is 26.2. The van der Waals surface area contributed by atoms with Crippen LogP contribution in [0.15, 0.2) is 0 Å². The smallest absolute Gasteiger partial charge is 0.310 e. The van der Waals surface area contributed by atoms with Crippen LogP contribution in [-0.4, -0.2) is 113 Å². The van der Waals surface area contributed by atoms with Crippen LogP contribution >= 0.6 is 27.7 Å². The number of nitrogens with zero attached hydrogens (tertiary/aromatic N) is 2. The highest BCUT2D eigenvalue weighted by Crippen LogP contribution is 2.67. The minimum Gasteiger partial charge on any atom is -0.466 e. The lowest BCUT2D eigenvalue weighted by Crippen LogP contribution is -2.55. The molecule has 0 aliphatic carbocycles. The highest BCUT2D eigenvalue weighted by molar-refractivity contribution is 9.09. The number of carbonyl (C=O) groups is 3. The number of aliphatic hydroxyl groups is 1. The van der Waals surface area contributed by atoms with Crippen LogP contribution in [0.5, 0.6) is 0 Å². The van der Waals surface area contributed by atoms with Crippen molar-refractivity contribution in [3.05, 3.63) is 0 Å². The predicted octanol–water partition coefficient (Wildman–Crippen LogP) is 0.625. The molecule has 0 radical (unpaired) electrons. The Morgan fingerprint density at radius 3 is 2.74 bits per heavy atom. The number of aliphatic hydroxyl groups excluding tert-OH is 1. The zero-order chi connectivity index (χ0) is 24.3. The Morgan fingerprint density at radius 2 is 2.03 bits per heavy atom. The number of hydrogen-bond acceptors (Lipinski definition) is 8. The number of nitrogens with one attached hydrogen (secondary N) is 1. The first-order valence-electron chi connectivity index (χ1n) is 12.4. The molecule has 4 rings (SSSR count). The number of hydrogen-bond donors (Lipinski definition) is 2. The van der Waals surface area contributed by atoms with Crippen molar-refractivity contribution in [2.45, 2.75) is 53.5 Å². The second-order valence-electron chi connectivity index (χ2n) is 9.48. The van der Waals surface area contributed by atoms with Crippen LogP contribution in [0.2, 0.25) is 0 Å². The molecule has 6 atom stereocenters. The second-order valence-corrected chi connectivity index (χ2v) is 12.2. The summed E-state index contributed by atoms with van der Waals surface area (Å²) in [6.45, 7) is 6.97. The van der Waals surface area contributed by atoms with E-state index in [2.05, 4.69) is 26.1 Å². The molecule has 11 heteroatoms. The van der Waals surface area contributed by atoms with Gasteiger partial charge in [0.05, 0.1) is 36.4 Å². The number of morpholine rings is 1. The Hall–Kier alpha value is -0.880.